The molecular formula is C24H34ClNO5. The van der Waals surface area contributed by atoms with E-state index in [1.54, 1.807) is 14.2 Å². The van der Waals surface area contributed by atoms with Gasteiger partial charge in [-0.05, 0) is 12.8 Å². The van der Waals surface area contributed by atoms with Crippen LogP contribution in [0.3, 0.4) is 0 Å². The zero-order chi connectivity index (χ0) is 21.9. The lowest BCUT2D eigenvalue weighted by molar-refractivity contribution is -0.159. The molecule has 4 fully saturated rings. The van der Waals surface area contributed by atoms with Crippen LogP contribution in [0.15, 0.2) is 11.8 Å². The van der Waals surface area contributed by atoms with Gasteiger partial charge in [-0.1, -0.05) is 26.2 Å². The van der Waals surface area contributed by atoms with Gasteiger partial charge in [-0.2, -0.15) is 0 Å². The van der Waals surface area contributed by atoms with Crippen molar-refractivity contribution >= 4 is 23.2 Å². The van der Waals surface area contributed by atoms with Crippen LogP contribution in [0.5, 0.6) is 0 Å². The van der Waals surface area contributed by atoms with E-state index in [0.29, 0.717) is 25.4 Å². The standard InChI is InChI=1S/C24H34ClNO5/c1-13-9-17(27)15-11-26(14-7-5-4-6-8-14)12-16(15)24(13)23(28)20-18(29-2)10-19(30-3)21(25)22(20)31-24/h11,13-14,16,18-22H,4-10,12H2,1-3H3/t13-,16?,18?,19?,20?,21?,22?,24+/m1/s1. The number of alkyl halides is 1. The summed E-state index contributed by atoms with van der Waals surface area (Å²) in [7, 11) is 3.28. The first-order valence-electron chi connectivity index (χ1n) is 11.8. The molecule has 1 spiro atoms. The summed E-state index contributed by atoms with van der Waals surface area (Å²) in [5.41, 5.74) is -0.232. The van der Waals surface area contributed by atoms with E-state index in [-0.39, 0.29) is 35.6 Å². The van der Waals surface area contributed by atoms with E-state index in [1.165, 1.54) is 19.3 Å². The number of methoxy groups -OCH3 is 2. The molecule has 172 valence electrons. The number of halogens is 1. The van der Waals surface area contributed by atoms with E-state index in [1.807, 2.05) is 6.92 Å². The summed E-state index contributed by atoms with van der Waals surface area (Å²) in [6.07, 6.45) is 8.03. The molecule has 2 aliphatic heterocycles. The third-order valence-electron chi connectivity index (χ3n) is 8.69. The van der Waals surface area contributed by atoms with Crippen LogP contribution in [0.4, 0.5) is 0 Å². The molecular weight excluding hydrogens is 418 g/mol. The molecule has 3 saturated carbocycles. The van der Waals surface area contributed by atoms with Gasteiger partial charge in [0.15, 0.2) is 11.6 Å². The Morgan fingerprint density at radius 3 is 2.52 bits per heavy atom. The predicted molar refractivity (Wildman–Crippen MR) is 116 cm³/mol. The molecule has 1 saturated heterocycles. The largest absolute Gasteiger partial charge is 0.380 e. The number of Topliss-reactive ketones (excluding diaryl/α,β-unsaturated/α-hetero) is 2. The fourth-order valence-electron chi connectivity index (χ4n) is 7.03. The van der Waals surface area contributed by atoms with Crippen LogP contribution in [0.25, 0.3) is 0 Å². The summed E-state index contributed by atoms with van der Waals surface area (Å²) in [5, 5.41) is -0.419. The Kier molecular flexibility index (Phi) is 5.73. The van der Waals surface area contributed by atoms with Crippen molar-refractivity contribution in [2.24, 2.45) is 17.8 Å². The Hall–Kier alpha value is -0.950. The minimum atomic E-state index is -1.01. The van der Waals surface area contributed by atoms with Crippen LogP contribution in [0, 0.1) is 17.8 Å². The van der Waals surface area contributed by atoms with Gasteiger partial charge in [-0.25, -0.2) is 0 Å². The second-order valence-electron chi connectivity index (χ2n) is 10.1. The van der Waals surface area contributed by atoms with Gasteiger partial charge in [0.1, 0.15) is 5.60 Å². The molecule has 6 unspecified atom stereocenters. The number of hydrogen-bond donors (Lipinski definition) is 0. The van der Waals surface area contributed by atoms with Crippen molar-refractivity contribution < 1.29 is 23.8 Å². The molecule has 0 aromatic rings. The summed E-state index contributed by atoms with van der Waals surface area (Å²) in [6.45, 7) is 2.67. The number of ketones is 2. The number of carbonyl (C=O) groups excluding carboxylic acids is 2. The normalized spacial score (nSPS) is 45.7. The summed E-state index contributed by atoms with van der Waals surface area (Å²) in [4.78, 5) is 29.5. The molecule has 2 heterocycles. The van der Waals surface area contributed by atoms with Crippen molar-refractivity contribution in [1.82, 2.24) is 4.90 Å². The van der Waals surface area contributed by atoms with Gasteiger partial charge < -0.3 is 19.1 Å². The highest BCUT2D eigenvalue weighted by atomic mass is 35.5. The third-order valence-corrected chi connectivity index (χ3v) is 9.22. The zero-order valence-electron chi connectivity index (χ0n) is 18.7. The van der Waals surface area contributed by atoms with Crippen LogP contribution in [-0.4, -0.2) is 72.6 Å². The first-order valence-corrected chi connectivity index (χ1v) is 12.3. The molecule has 0 aromatic heterocycles. The Bertz CT molecular complexity index is 780. The minimum Gasteiger partial charge on any atom is -0.380 e. The summed E-state index contributed by atoms with van der Waals surface area (Å²) in [5.74, 6) is -0.598. The number of ether oxygens (including phenoxy) is 3. The Morgan fingerprint density at radius 2 is 1.84 bits per heavy atom. The second-order valence-corrected chi connectivity index (χ2v) is 10.7. The van der Waals surface area contributed by atoms with Gasteiger partial charge in [0, 0.05) is 63.3 Å². The molecule has 7 heteroatoms. The van der Waals surface area contributed by atoms with Crippen LogP contribution in [-0.2, 0) is 23.8 Å². The average molecular weight is 452 g/mol. The number of nitrogens with zero attached hydrogens (tertiary/aromatic N) is 1. The van der Waals surface area contributed by atoms with Crippen LogP contribution in [0.1, 0.15) is 51.9 Å². The molecule has 0 bridgehead atoms. The number of rotatable bonds is 3. The van der Waals surface area contributed by atoms with Crippen LogP contribution < -0.4 is 0 Å². The van der Waals surface area contributed by atoms with Gasteiger partial charge in [-0.3, -0.25) is 9.59 Å². The number of carbonyl (C=O) groups is 2. The first-order chi connectivity index (χ1) is 14.9. The highest BCUT2D eigenvalue weighted by Gasteiger charge is 2.69. The van der Waals surface area contributed by atoms with Crippen molar-refractivity contribution in [2.45, 2.75) is 87.2 Å². The fraction of sp³-hybridized carbons (Fsp3) is 0.833. The number of fused-ring (bicyclic) bond motifs is 3. The van der Waals surface area contributed by atoms with Gasteiger partial charge in [0.2, 0.25) is 0 Å². The van der Waals surface area contributed by atoms with Crippen molar-refractivity contribution in [2.75, 3.05) is 20.8 Å². The predicted octanol–water partition coefficient (Wildman–Crippen LogP) is 3.11. The summed E-state index contributed by atoms with van der Waals surface area (Å²) in [6, 6.07) is 0.455. The van der Waals surface area contributed by atoms with E-state index in [2.05, 4.69) is 11.1 Å². The van der Waals surface area contributed by atoms with Gasteiger partial charge in [-0.15, -0.1) is 11.6 Å². The van der Waals surface area contributed by atoms with Crippen molar-refractivity contribution in [3.8, 4) is 0 Å². The smallest absolute Gasteiger partial charge is 0.173 e. The van der Waals surface area contributed by atoms with Gasteiger partial charge in [0.25, 0.3) is 0 Å². The molecule has 31 heavy (non-hydrogen) atoms. The maximum absolute atomic E-state index is 14.1. The van der Waals surface area contributed by atoms with Gasteiger partial charge >= 0.3 is 0 Å². The topological polar surface area (TPSA) is 65.1 Å². The SMILES string of the molecule is COC1CC(OC)C2C(=O)[C@@]3(OC2C1Cl)C1CN(C2CCCCC2)C=C1C(=O)C[C@H]3C. The van der Waals surface area contributed by atoms with E-state index in [9.17, 15) is 9.59 Å². The maximum atomic E-state index is 14.1. The molecule has 5 rings (SSSR count). The summed E-state index contributed by atoms with van der Waals surface area (Å²) < 4.78 is 18.1. The third kappa shape index (κ3) is 3.16. The maximum Gasteiger partial charge on any atom is 0.173 e. The van der Waals surface area contributed by atoms with Crippen molar-refractivity contribution in [1.29, 1.82) is 0 Å². The lowest BCUT2D eigenvalue weighted by atomic mass is 9.63. The molecule has 0 amide bonds. The average Bonchev–Trinajstić information content (AvgIpc) is 3.36. The monoisotopic (exact) mass is 451 g/mol. The molecule has 0 radical (unpaired) electrons. The van der Waals surface area contributed by atoms with Gasteiger partial charge in [0.05, 0.1) is 29.6 Å². The zero-order valence-corrected chi connectivity index (χ0v) is 19.5. The Balaban J connectivity index is 1.50. The lowest BCUT2D eigenvalue weighted by Gasteiger charge is -2.44. The second kappa shape index (κ2) is 8.12. The Morgan fingerprint density at radius 1 is 1.13 bits per heavy atom. The minimum absolute atomic E-state index is 0.0750. The summed E-state index contributed by atoms with van der Waals surface area (Å²) >= 11 is 6.79. The lowest BCUT2D eigenvalue weighted by Crippen LogP contribution is -2.57. The Labute approximate surface area is 189 Å². The van der Waals surface area contributed by atoms with E-state index >= 15 is 0 Å². The molecule has 6 nitrogen and oxygen atoms in total. The highest BCUT2D eigenvalue weighted by Crippen LogP contribution is 2.55. The van der Waals surface area contributed by atoms with E-state index < -0.39 is 23.0 Å². The van der Waals surface area contributed by atoms with Crippen molar-refractivity contribution in [3.63, 3.8) is 0 Å². The van der Waals surface area contributed by atoms with Crippen LogP contribution >= 0.6 is 11.6 Å². The first kappa shape index (κ1) is 21.9. The van der Waals surface area contributed by atoms with E-state index in [0.717, 1.165) is 18.4 Å². The molecule has 8 atom stereocenters. The highest BCUT2D eigenvalue weighted by molar-refractivity contribution is 6.22. The van der Waals surface area contributed by atoms with Crippen LogP contribution in [0.2, 0.25) is 0 Å². The quantitative estimate of drug-likeness (QED) is 0.614. The number of hydrogen-bond acceptors (Lipinski definition) is 6. The van der Waals surface area contributed by atoms with Crippen molar-refractivity contribution in [3.05, 3.63) is 11.8 Å². The fourth-order valence-corrected chi connectivity index (χ4v) is 7.44. The van der Waals surface area contributed by atoms with E-state index in [4.69, 9.17) is 25.8 Å². The molecule has 5 aliphatic rings. The molecule has 3 aliphatic carbocycles. The molecule has 0 aromatic carbocycles. The molecule has 0 N–H and O–H groups in total.